The minimum absolute atomic E-state index is 0.00893. The Labute approximate surface area is 185 Å². The molecule has 1 N–H and O–H groups in total. The predicted octanol–water partition coefficient (Wildman–Crippen LogP) is 4.79. The average Bonchev–Trinajstić information content (AvgIpc) is 3.34. The van der Waals surface area contributed by atoms with Gasteiger partial charge in [-0.05, 0) is 47.4 Å². The molecule has 1 aliphatic rings. The summed E-state index contributed by atoms with van der Waals surface area (Å²) in [7, 11) is 0. The lowest BCUT2D eigenvalue weighted by Gasteiger charge is -2.18. The van der Waals surface area contributed by atoms with E-state index in [1.165, 1.54) is 0 Å². The normalized spacial score (nSPS) is 16.6. The molecule has 1 atom stereocenters. The van der Waals surface area contributed by atoms with E-state index in [4.69, 9.17) is 16.0 Å². The molecule has 4 rings (SSSR count). The molecular weight excluding hydrogens is 416 g/mol. The highest BCUT2D eigenvalue weighted by molar-refractivity contribution is 6.30. The SMILES string of the molecule is CC(C)(C)c1ccc(C(=O)Nc2nnc([C@H]3CC(=O)N(c4ccc(Cl)cc4)C3)o2)cc1. The minimum atomic E-state index is -0.332. The molecule has 3 aromatic rings. The number of hydrogen-bond donors (Lipinski definition) is 1. The molecular formula is C23H23ClN4O3. The van der Waals surface area contributed by atoms with Crippen LogP contribution >= 0.6 is 11.6 Å². The van der Waals surface area contributed by atoms with Gasteiger partial charge in [0.05, 0.1) is 5.92 Å². The molecule has 0 saturated carbocycles. The van der Waals surface area contributed by atoms with Crippen molar-refractivity contribution in [3.8, 4) is 0 Å². The van der Waals surface area contributed by atoms with Crippen molar-refractivity contribution in [1.29, 1.82) is 0 Å². The van der Waals surface area contributed by atoms with Crippen LogP contribution in [-0.4, -0.2) is 28.6 Å². The first kappa shape index (κ1) is 21.1. The summed E-state index contributed by atoms with van der Waals surface area (Å²) in [5, 5.41) is 11.2. The van der Waals surface area contributed by atoms with E-state index in [2.05, 4.69) is 36.3 Å². The van der Waals surface area contributed by atoms with Gasteiger partial charge in [0.2, 0.25) is 11.8 Å². The van der Waals surface area contributed by atoms with Crippen molar-refractivity contribution in [2.75, 3.05) is 16.8 Å². The molecule has 0 aliphatic carbocycles. The summed E-state index contributed by atoms with van der Waals surface area (Å²) < 4.78 is 5.64. The van der Waals surface area contributed by atoms with Crippen LogP contribution in [0.5, 0.6) is 0 Å². The lowest BCUT2D eigenvalue weighted by Crippen LogP contribution is -2.24. The van der Waals surface area contributed by atoms with Crippen LogP contribution in [0.3, 0.4) is 0 Å². The molecule has 8 heteroatoms. The second-order valence-electron chi connectivity index (χ2n) is 8.61. The van der Waals surface area contributed by atoms with Crippen molar-refractivity contribution in [2.45, 2.75) is 38.5 Å². The number of rotatable bonds is 4. The predicted molar refractivity (Wildman–Crippen MR) is 119 cm³/mol. The Morgan fingerprint density at radius 2 is 1.77 bits per heavy atom. The number of carbonyl (C=O) groups is 2. The van der Waals surface area contributed by atoms with Gasteiger partial charge in [-0.25, -0.2) is 0 Å². The van der Waals surface area contributed by atoms with Crippen LogP contribution in [0.15, 0.2) is 52.9 Å². The Hall–Kier alpha value is -3.19. The fourth-order valence-corrected chi connectivity index (χ4v) is 3.61. The quantitative estimate of drug-likeness (QED) is 0.632. The molecule has 7 nitrogen and oxygen atoms in total. The zero-order chi connectivity index (χ0) is 22.2. The molecule has 2 aromatic carbocycles. The molecule has 2 heterocycles. The van der Waals surface area contributed by atoms with Crippen molar-refractivity contribution in [2.24, 2.45) is 0 Å². The summed E-state index contributed by atoms with van der Waals surface area (Å²) in [6, 6.07) is 14.5. The van der Waals surface area contributed by atoms with Crippen LogP contribution in [-0.2, 0) is 10.2 Å². The lowest BCUT2D eigenvalue weighted by atomic mass is 9.87. The maximum absolute atomic E-state index is 12.5. The number of carbonyl (C=O) groups excluding carboxylic acids is 2. The largest absolute Gasteiger partial charge is 0.407 e. The molecule has 1 aliphatic heterocycles. The van der Waals surface area contributed by atoms with Crippen LogP contribution in [0.1, 0.15) is 54.9 Å². The van der Waals surface area contributed by atoms with Gasteiger partial charge < -0.3 is 9.32 Å². The molecule has 1 saturated heterocycles. The maximum atomic E-state index is 12.5. The number of anilines is 2. The zero-order valence-corrected chi connectivity index (χ0v) is 18.3. The Morgan fingerprint density at radius 3 is 2.42 bits per heavy atom. The number of benzene rings is 2. The Kier molecular flexibility index (Phi) is 5.54. The van der Waals surface area contributed by atoms with E-state index in [9.17, 15) is 9.59 Å². The van der Waals surface area contributed by atoms with Gasteiger partial charge in [-0.2, -0.15) is 0 Å². The number of amides is 2. The molecule has 0 unspecified atom stereocenters. The summed E-state index contributed by atoms with van der Waals surface area (Å²) in [6.07, 6.45) is 0.256. The molecule has 0 spiro atoms. The first-order valence-corrected chi connectivity index (χ1v) is 10.4. The molecule has 1 aromatic heterocycles. The topological polar surface area (TPSA) is 88.3 Å². The number of halogens is 1. The van der Waals surface area contributed by atoms with Gasteiger partial charge in [-0.1, -0.05) is 49.6 Å². The summed E-state index contributed by atoms with van der Waals surface area (Å²) in [5.74, 6) is -0.286. The van der Waals surface area contributed by atoms with Crippen LogP contribution in [0.4, 0.5) is 11.7 Å². The van der Waals surface area contributed by atoms with E-state index in [1.807, 2.05) is 12.1 Å². The summed E-state index contributed by atoms with van der Waals surface area (Å²) in [5.41, 5.74) is 2.41. The highest BCUT2D eigenvalue weighted by Gasteiger charge is 2.35. The molecule has 31 heavy (non-hydrogen) atoms. The number of hydrogen-bond acceptors (Lipinski definition) is 5. The van der Waals surface area contributed by atoms with E-state index in [0.29, 0.717) is 23.0 Å². The third-order valence-electron chi connectivity index (χ3n) is 5.29. The highest BCUT2D eigenvalue weighted by Crippen LogP contribution is 2.32. The van der Waals surface area contributed by atoms with Gasteiger partial charge in [-0.15, -0.1) is 5.10 Å². The van der Waals surface area contributed by atoms with Crippen LogP contribution in [0.2, 0.25) is 5.02 Å². The van der Waals surface area contributed by atoms with Crippen molar-refractivity contribution in [3.63, 3.8) is 0 Å². The van der Waals surface area contributed by atoms with E-state index >= 15 is 0 Å². The van der Waals surface area contributed by atoms with Crippen LogP contribution in [0, 0.1) is 0 Å². The standard InChI is InChI=1S/C23H23ClN4O3/c1-23(2,3)16-6-4-14(5-7-16)20(30)25-22-27-26-21(31-22)15-12-19(29)28(13-15)18-10-8-17(24)9-11-18/h4-11,15H,12-13H2,1-3H3,(H,25,27,30)/t15-/m0/s1. The maximum Gasteiger partial charge on any atom is 0.322 e. The fourth-order valence-electron chi connectivity index (χ4n) is 3.48. The second-order valence-corrected chi connectivity index (χ2v) is 9.05. The summed E-state index contributed by atoms with van der Waals surface area (Å²) in [6.45, 7) is 6.77. The number of nitrogens with zero attached hydrogens (tertiary/aromatic N) is 3. The van der Waals surface area contributed by atoms with E-state index in [-0.39, 0.29) is 35.6 Å². The molecule has 0 radical (unpaired) electrons. The van der Waals surface area contributed by atoms with E-state index in [0.717, 1.165) is 11.3 Å². The summed E-state index contributed by atoms with van der Waals surface area (Å²) >= 11 is 5.92. The highest BCUT2D eigenvalue weighted by atomic mass is 35.5. The third-order valence-corrected chi connectivity index (χ3v) is 5.54. The van der Waals surface area contributed by atoms with Gasteiger partial charge in [-0.3, -0.25) is 14.9 Å². The first-order chi connectivity index (χ1) is 14.7. The van der Waals surface area contributed by atoms with Gasteiger partial charge in [0.25, 0.3) is 5.91 Å². The number of aromatic nitrogens is 2. The van der Waals surface area contributed by atoms with Gasteiger partial charge in [0.15, 0.2) is 0 Å². The van der Waals surface area contributed by atoms with Crippen LogP contribution in [0.25, 0.3) is 0 Å². The van der Waals surface area contributed by atoms with E-state index < -0.39 is 0 Å². The smallest absolute Gasteiger partial charge is 0.322 e. The lowest BCUT2D eigenvalue weighted by molar-refractivity contribution is -0.117. The van der Waals surface area contributed by atoms with Gasteiger partial charge in [0, 0.05) is 29.2 Å². The fraction of sp³-hybridized carbons (Fsp3) is 0.304. The average molecular weight is 439 g/mol. The Morgan fingerprint density at radius 1 is 1.10 bits per heavy atom. The first-order valence-electron chi connectivity index (χ1n) is 10.0. The van der Waals surface area contributed by atoms with Gasteiger partial charge >= 0.3 is 6.01 Å². The molecule has 2 amide bonds. The van der Waals surface area contributed by atoms with Crippen molar-refractivity contribution in [1.82, 2.24) is 10.2 Å². The third kappa shape index (κ3) is 4.61. The van der Waals surface area contributed by atoms with E-state index in [1.54, 1.807) is 41.3 Å². The monoisotopic (exact) mass is 438 g/mol. The Balaban J connectivity index is 1.42. The van der Waals surface area contributed by atoms with Crippen molar-refractivity contribution >= 4 is 35.1 Å². The van der Waals surface area contributed by atoms with Gasteiger partial charge in [0.1, 0.15) is 0 Å². The zero-order valence-electron chi connectivity index (χ0n) is 17.6. The molecule has 0 bridgehead atoms. The number of nitrogens with one attached hydrogen (secondary N) is 1. The van der Waals surface area contributed by atoms with Crippen LogP contribution < -0.4 is 10.2 Å². The summed E-state index contributed by atoms with van der Waals surface area (Å²) in [4.78, 5) is 26.6. The Bertz CT molecular complexity index is 1100. The second kappa shape index (κ2) is 8.15. The van der Waals surface area contributed by atoms with Crippen molar-refractivity contribution < 1.29 is 14.0 Å². The molecule has 1 fully saturated rings. The minimum Gasteiger partial charge on any atom is -0.407 e. The van der Waals surface area contributed by atoms with Crippen molar-refractivity contribution in [3.05, 3.63) is 70.6 Å². The molecule has 160 valence electrons.